The van der Waals surface area contributed by atoms with Crippen LogP contribution in [0.3, 0.4) is 0 Å². The fourth-order valence-corrected chi connectivity index (χ4v) is 0.976. The van der Waals surface area contributed by atoms with E-state index in [1.165, 1.54) is 12.1 Å². The van der Waals surface area contributed by atoms with Gasteiger partial charge in [-0.1, -0.05) is 11.8 Å². The van der Waals surface area contributed by atoms with Gasteiger partial charge >= 0.3 is 11.9 Å². The monoisotopic (exact) mass is 195 g/mol. The van der Waals surface area contributed by atoms with Crippen LogP contribution in [0.5, 0.6) is 5.75 Å². The van der Waals surface area contributed by atoms with E-state index < -0.39 is 23.3 Å². The molecule has 0 aliphatic rings. The van der Waals surface area contributed by atoms with E-state index in [0.29, 0.717) is 0 Å². The maximum absolute atomic E-state index is 11.3. The van der Waals surface area contributed by atoms with Crippen molar-refractivity contribution >= 4 is 11.9 Å². The molecule has 0 heterocycles. The lowest BCUT2D eigenvalue weighted by atomic mass is 10.1. The molecule has 1 rings (SSSR count). The van der Waals surface area contributed by atoms with Crippen LogP contribution in [0.25, 0.3) is 0 Å². The third kappa shape index (κ3) is 1.66. The number of aromatic carboxylic acids is 1. The zero-order chi connectivity index (χ0) is 10.7. The number of hydrogen-bond acceptors (Lipinski definition) is 4. The molecule has 0 aliphatic heterocycles. The maximum atomic E-state index is 11.3. The van der Waals surface area contributed by atoms with Crippen LogP contribution in [0.1, 0.15) is 20.7 Å². The smallest absolute Gasteiger partial charge is 0.337 e. The van der Waals surface area contributed by atoms with Crippen LogP contribution in [0, 0.1) is 0 Å². The van der Waals surface area contributed by atoms with E-state index >= 15 is 0 Å². The van der Waals surface area contributed by atoms with Crippen molar-refractivity contribution in [2.24, 2.45) is 0 Å². The van der Waals surface area contributed by atoms with Crippen LogP contribution in [0.2, 0.25) is 0 Å². The Morgan fingerprint density at radius 1 is 1.36 bits per heavy atom. The van der Waals surface area contributed by atoms with Gasteiger partial charge in [-0.3, -0.25) is 0 Å². The second-order valence-electron chi connectivity index (χ2n) is 2.48. The van der Waals surface area contributed by atoms with Gasteiger partial charge in [-0.2, -0.15) is 0 Å². The van der Waals surface area contributed by atoms with Gasteiger partial charge in [0.15, 0.2) is 0 Å². The summed E-state index contributed by atoms with van der Waals surface area (Å²) in [6.45, 7) is 0. The van der Waals surface area contributed by atoms with E-state index in [9.17, 15) is 14.7 Å². The molecular formula is C9H7O5-. The topological polar surface area (TPSA) is 86.7 Å². The van der Waals surface area contributed by atoms with Gasteiger partial charge in [-0.15, -0.1) is 0 Å². The molecule has 0 aromatic heterocycles. The van der Waals surface area contributed by atoms with Crippen molar-refractivity contribution in [1.82, 2.24) is 0 Å². The number of ether oxygens (including phenoxy) is 1. The Morgan fingerprint density at radius 2 is 1.93 bits per heavy atom. The van der Waals surface area contributed by atoms with Crippen LogP contribution < -0.4 is 5.11 Å². The van der Waals surface area contributed by atoms with Crippen LogP contribution >= 0.6 is 0 Å². The molecule has 14 heavy (non-hydrogen) atoms. The normalized spacial score (nSPS) is 9.50. The lowest BCUT2D eigenvalue weighted by Crippen LogP contribution is -2.11. The number of rotatable bonds is 2. The Kier molecular flexibility index (Phi) is 2.71. The molecule has 0 atom stereocenters. The molecule has 0 radical (unpaired) electrons. The van der Waals surface area contributed by atoms with Crippen molar-refractivity contribution in [3.63, 3.8) is 0 Å². The van der Waals surface area contributed by atoms with E-state index in [0.717, 1.165) is 13.2 Å². The van der Waals surface area contributed by atoms with Gasteiger partial charge in [0.1, 0.15) is 0 Å². The predicted octanol–water partition coefficient (Wildman–Crippen LogP) is 0.245. The lowest BCUT2D eigenvalue weighted by molar-refractivity contribution is -0.269. The Balaban J connectivity index is 3.27. The molecule has 1 N–H and O–H groups in total. The van der Waals surface area contributed by atoms with Gasteiger partial charge in [0.05, 0.1) is 18.2 Å². The summed E-state index contributed by atoms with van der Waals surface area (Å²) < 4.78 is 4.32. The highest BCUT2D eigenvalue weighted by Gasteiger charge is 2.11. The second kappa shape index (κ2) is 3.78. The number of esters is 1. The largest absolute Gasteiger partial charge is 0.871 e. The van der Waals surface area contributed by atoms with Gasteiger partial charge < -0.3 is 14.9 Å². The number of carbonyl (C=O) groups excluding carboxylic acids is 1. The first-order valence-electron chi connectivity index (χ1n) is 3.69. The standard InChI is InChI=1S/C9H8O5/c1-14-9(13)6-4-2-3-5(7(6)10)8(11)12/h2-4,10H,1H3,(H,11,12)/p-1. The fraction of sp³-hybridized carbons (Fsp3) is 0.111. The molecule has 74 valence electrons. The number of carbonyl (C=O) groups is 2. The summed E-state index contributed by atoms with van der Waals surface area (Å²) in [7, 11) is 1.12. The highest BCUT2D eigenvalue weighted by atomic mass is 16.5. The SMILES string of the molecule is COC(=O)c1cccc(C(=O)O)c1[O-]. The van der Waals surface area contributed by atoms with E-state index in [1.54, 1.807) is 0 Å². The molecule has 0 bridgehead atoms. The minimum Gasteiger partial charge on any atom is -0.871 e. The number of carboxylic acids is 1. The van der Waals surface area contributed by atoms with Crippen molar-refractivity contribution in [2.45, 2.75) is 0 Å². The van der Waals surface area contributed by atoms with Crippen LogP contribution in [0.15, 0.2) is 18.2 Å². The van der Waals surface area contributed by atoms with Gasteiger partial charge in [-0.05, 0) is 12.1 Å². The molecule has 0 amide bonds. The summed E-state index contributed by atoms with van der Waals surface area (Å²) in [5.41, 5.74) is -0.708. The Morgan fingerprint density at radius 3 is 2.43 bits per heavy atom. The van der Waals surface area contributed by atoms with E-state index in [-0.39, 0.29) is 5.56 Å². The number of methoxy groups -OCH3 is 1. The molecule has 0 saturated heterocycles. The van der Waals surface area contributed by atoms with Crippen LogP contribution in [-0.2, 0) is 4.74 Å². The molecule has 1 aromatic rings. The molecule has 0 saturated carbocycles. The van der Waals surface area contributed by atoms with Gasteiger partial charge in [0, 0.05) is 0 Å². The third-order valence-corrected chi connectivity index (χ3v) is 1.65. The molecule has 5 nitrogen and oxygen atoms in total. The minimum absolute atomic E-state index is 0.271. The summed E-state index contributed by atoms with van der Waals surface area (Å²) in [6, 6.07) is 3.68. The number of carboxylic acid groups (broad SMARTS) is 1. The lowest BCUT2D eigenvalue weighted by Gasteiger charge is -2.13. The first kappa shape index (κ1) is 10.0. The maximum Gasteiger partial charge on any atom is 0.337 e. The Labute approximate surface area is 79.6 Å². The summed E-state index contributed by atoms with van der Waals surface area (Å²) >= 11 is 0. The van der Waals surface area contributed by atoms with E-state index in [1.807, 2.05) is 0 Å². The van der Waals surface area contributed by atoms with Crippen molar-refractivity contribution in [2.75, 3.05) is 7.11 Å². The molecule has 1 aromatic carbocycles. The van der Waals surface area contributed by atoms with E-state index in [2.05, 4.69) is 4.74 Å². The minimum atomic E-state index is -1.36. The highest BCUT2D eigenvalue weighted by Crippen LogP contribution is 2.19. The quantitative estimate of drug-likeness (QED) is 0.683. The molecular weight excluding hydrogens is 188 g/mol. The zero-order valence-electron chi connectivity index (χ0n) is 7.31. The third-order valence-electron chi connectivity index (χ3n) is 1.65. The van der Waals surface area contributed by atoms with E-state index in [4.69, 9.17) is 5.11 Å². The Hall–Kier alpha value is -2.04. The van der Waals surface area contributed by atoms with Crippen LogP contribution in [0.4, 0.5) is 0 Å². The van der Waals surface area contributed by atoms with Gasteiger partial charge in [0.25, 0.3) is 0 Å². The predicted molar refractivity (Wildman–Crippen MR) is 44.2 cm³/mol. The summed E-state index contributed by atoms with van der Waals surface area (Å²) in [5.74, 6) is -3.02. The average molecular weight is 195 g/mol. The number of benzene rings is 1. The second-order valence-corrected chi connectivity index (χ2v) is 2.48. The van der Waals surface area contributed by atoms with Gasteiger partial charge in [0.2, 0.25) is 0 Å². The summed E-state index contributed by atoms with van der Waals surface area (Å²) in [5, 5.41) is 19.9. The van der Waals surface area contributed by atoms with Gasteiger partial charge in [-0.25, -0.2) is 9.59 Å². The molecule has 0 unspecified atom stereocenters. The van der Waals surface area contributed by atoms with Crippen molar-refractivity contribution in [3.05, 3.63) is 29.3 Å². The molecule has 0 aliphatic carbocycles. The molecule has 0 spiro atoms. The first-order valence-corrected chi connectivity index (χ1v) is 3.69. The summed E-state index contributed by atoms with van der Waals surface area (Å²) in [4.78, 5) is 21.5. The van der Waals surface area contributed by atoms with Crippen molar-refractivity contribution < 1.29 is 24.5 Å². The van der Waals surface area contributed by atoms with Crippen molar-refractivity contribution in [1.29, 1.82) is 0 Å². The van der Waals surface area contributed by atoms with Crippen molar-refractivity contribution in [3.8, 4) is 5.75 Å². The number of para-hydroxylation sites is 1. The Bertz CT molecular complexity index is 383. The number of hydrogen-bond donors (Lipinski definition) is 1. The van der Waals surface area contributed by atoms with Crippen LogP contribution in [-0.4, -0.2) is 24.2 Å². The zero-order valence-corrected chi connectivity index (χ0v) is 7.31. The molecule has 0 fully saturated rings. The highest BCUT2D eigenvalue weighted by molar-refractivity contribution is 5.98. The summed E-state index contributed by atoms with van der Waals surface area (Å²) in [6.07, 6.45) is 0. The first-order chi connectivity index (χ1) is 6.57. The fourth-order valence-electron chi connectivity index (χ4n) is 0.976. The average Bonchev–Trinajstić information content (AvgIpc) is 2.16. The molecule has 5 heteroatoms.